The number of carbonyl (C=O) groups excluding carboxylic acids is 1. The van der Waals surface area contributed by atoms with E-state index in [0.29, 0.717) is 18.5 Å². The van der Waals surface area contributed by atoms with Gasteiger partial charge in [-0.05, 0) is 37.1 Å². The van der Waals surface area contributed by atoms with Gasteiger partial charge in [-0.2, -0.15) is 0 Å². The number of phenolic OH excluding ortho intramolecular Hbond substituents is 1. The predicted molar refractivity (Wildman–Crippen MR) is 75.3 cm³/mol. The lowest BCUT2D eigenvalue weighted by Crippen LogP contribution is -2.25. The number of rotatable bonds is 4. The number of nitrogens with one attached hydrogen (secondary N) is 1. The summed E-state index contributed by atoms with van der Waals surface area (Å²) in [4.78, 5) is 11.9. The van der Waals surface area contributed by atoms with Crippen molar-refractivity contribution in [2.45, 2.75) is 13.3 Å². The number of phenols is 1. The van der Waals surface area contributed by atoms with Crippen molar-refractivity contribution < 1.29 is 9.90 Å². The van der Waals surface area contributed by atoms with Gasteiger partial charge < -0.3 is 10.4 Å². The van der Waals surface area contributed by atoms with Gasteiger partial charge in [-0.15, -0.1) is 0 Å². The Hall–Kier alpha value is -2.29. The number of benzene rings is 2. The first-order chi connectivity index (χ1) is 9.16. The number of hydrogen-bond acceptors (Lipinski definition) is 2. The summed E-state index contributed by atoms with van der Waals surface area (Å²) in [6, 6.07) is 14.6. The summed E-state index contributed by atoms with van der Waals surface area (Å²) in [6.07, 6.45) is 0.615. The summed E-state index contributed by atoms with van der Waals surface area (Å²) in [7, 11) is 0. The highest BCUT2D eigenvalue weighted by molar-refractivity contribution is 5.94. The van der Waals surface area contributed by atoms with Crippen LogP contribution in [-0.4, -0.2) is 17.6 Å². The summed E-state index contributed by atoms with van der Waals surface area (Å²) in [5, 5.41) is 12.5. The van der Waals surface area contributed by atoms with E-state index in [0.717, 1.165) is 11.1 Å². The van der Waals surface area contributed by atoms with Crippen LogP contribution in [0, 0.1) is 6.92 Å². The van der Waals surface area contributed by atoms with Gasteiger partial charge >= 0.3 is 0 Å². The van der Waals surface area contributed by atoms with E-state index in [4.69, 9.17) is 0 Å². The Bertz CT molecular complexity index is 578. The SMILES string of the molecule is Cc1cccc(C(=O)NCCc2ccccc2O)c1. The summed E-state index contributed by atoms with van der Waals surface area (Å²) in [5.74, 6) is 0.187. The van der Waals surface area contributed by atoms with Gasteiger partial charge in [0.2, 0.25) is 0 Å². The Labute approximate surface area is 112 Å². The second kappa shape index (κ2) is 6.05. The molecule has 1 amide bonds. The Kier molecular flexibility index (Phi) is 4.18. The minimum absolute atomic E-state index is 0.0841. The summed E-state index contributed by atoms with van der Waals surface area (Å²) in [5.41, 5.74) is 2.57. The maximum atomic E-state index is 11.9. The van der Waals surface area contributed by atoms with Gasteiger partial charge in [-0.25, -0.2) is 0 Å². The van der Waals surface area contributed by atoms with Crippen molar-refractivity contribution in [2.75, 3.05) is 6.54 Å². The molecular weight excluding hydrogens is 238 g/mol. The van der Waals surface area contributed by atoms with Gasteiger partial charge in [0.15, 0.2) is 0 Å². The zero-order valence-electron chi connectivity index (χ0n) is 10.9. The maximum Gasteiger partial charge on any atom is 0.251 e. The third-order valence-electron chi connectivity index (χ3n) is 2.95. The van der Waals surface area contributed by atoms with Gasteiger partial charge in [-0.3, -0.25) is 4.79 Å². The second-order valence-electron chi connectivity index (χ2n) is 4.50. The summed E-state index contributed by atoms with van der Waals surface area (Å²) < 4.78 is 0. The fourth-order valence-electron chi connectivity index (χ4n) is 1.92. The van der Waals surface area contributed by atoms with Crippen molar-refractivity contribution in [3.8, 4) is 5.75 Å². The van der Waals surface area contributed by atoms with Crippen LogP contribution < -0.4 is 5.32 Å². The lowest BCUT2D eigenvalue weighted by molar-refractivity contribution is 0.0954. The number of para-hydroxylation sites is 1. The van der Waals surface area contributed by atoms with Crippen LogP contribution in [0.15, 0.2) is 48.5 Å². The predicted octanol–water partition coefficient (Wildman–Crippen LogP) is 2.67. The van der Waals surface area contributed by atoms with Crippen molar-refractivity contribution in [3.05, 3.63) is 65.2 Å². The van der Waals surface area contributed by atoms with Gasteiger partial charge in [0, 0.05) is 12.1 Å². The number of carbonyl (C=O) groups is 1. The maximum absolute atomic E-state index is 11.9. The average Bonchev–Trinajstić information content (AvgIpc) is 2.41. The molecule has 0 spiro atoms. The fourth-order valence-corrected chi connectivity index (χ4v) is 1.92. The molecule has 0 radical (unpaired) electrons. The van der Waals surface area contributed by atoms with E-state index in [2.05, 4.69) is 5.32 Å². The van der Waals surface area contributed by atoms with E-state index < -0.39 is 0 Å². The highest BCUT2D eigenvalue weighted by Gasteiger charge is 2.05. The van der Waals surface area contributed by atoms with Crippen LogP contribution in [0.1, 0.15) is 21.5 Å². The van der Waals surface area contributed by atoms with Crippen molar-refractivity contribution in [1.29, 1.82) is 0 Å². The second-order valence-corrected chi connectivity index (χ2v) is 4.50. The molecule has 0 bridgehead atoms. The summed E-state index contributed by atoms with van der Waals surface area (Å²) >= 11 is 0. The van der Waals surface area contributed by atoms with Crippen LogP contribution in [0.3, 0.4) is 0 Å². The number of hydrogen-bond donors (Lipinski definition) is 2. The van der Waals surface area contributed by atoms with E-state index in [9.17, 15) is 9.90 Å². The molecule has 0 fully saturated rings. The third-order valence-corrected chi connectivity index (χ3v) is 2.95. The van der Waals surface area contributed by atoms with Crippen LogP contribution in [-0.2, 0) is 6.42 Å². The molecule has 0 atom stereocenters. The molecule has 98 valence electrons. The number of aromatic hydroxyl groups is 1. The minimum Gasteiger partial charge on any atom is -0.508 e. The zero-order valence-corrected chi connectivity index (χ0v) is 10.9. The Morgan fingerprint density at radius 1 is 1.16 bits per heavy atom. The van der Waals surface area contributed by atoms with E-state index in [1.807, 2.05) is 37.3 Å². The third kappa shape index (κ3) is 3.58. The molecule has 2 aromatic carbocycles. The molecule has 0 unspecified atom stereocenters. The quantitative estimate of drug-likeness (QED) is 0.882. The van der Waals surface area contributed by atoms with Gasteiger partial charge in [0.25, 0.3) is 5.91 Å². The topological polar surface area (TPSA) is 49.3 Å². The first kappa shape index (κ1) is 13.1. The van der Waals surface area contributed by atoms with E-state index in [-0.39, 0.29) is 11.7 Å². The molecular formula is C16H17NO2. The highest BCUT2D eigenvalue weighted by Crippen LogP contribution is 2.15. The molecule has 19 heavy (non-hydrogen) atoms. The Balaban J connectivity index is 1.90. The van der Waals surface area contributed by atoms with Gasteiger partial charge in [0.1, 0.15) is 5.75 Å². The van der Waals surface area contributed by atoms with Crippen molar-refractivity contribution in [1.82, 2.24) is 5.32 Å². The smallest absolute Gasteiger partial charge is 0.251 e. The molecule has 0 aliphatic rings. The molecule has 2 aromatic rings. The number of aryl methyl sites for hydroxylation is 1. The van der Waals surface area contributed by atoms with Crippen molar-refractivity contribution in [3.63, 3.8) is 0 Å². The molecule has 0 heterocycles. The molecule has 3 nitrogen and oxygen atoms in total. The molecule has 0 aliphatic heterocycles. The number of amides is 1. The molecule has 0 saturated carbocycles. The molecule has 0 saturated heterocycles. The molecule has 2 N–H and O–H groups in total. The Morgan fingerprint density at radius 3 is 2.68 bits per heavy atom. The van der Waals surface area contributed by atoms with E-state index in [1.165, 1.54) is 0 Å². The molecule has 0 aromatic heterocycles. The highest BCUT2D eigenvalue weighted by atomic mass is 16.3. The largest absolute Gasteiger partial charge is 0.508 e. The van der Waals surface area contributed by atoms with Crippen LogP contribution >= 0.6 is 0 Å². The van der Waals surface area contributed by atoms with Crippen LogP contribution in [0.25, 0.3) is 0 Å². The fraction of sp³-hybridized carbons (Fsp3) is 0.188. The van der Waals surface area contributed by atoms with Crippen LogP contribution in [0.4, 0.5) is 0 Å². The minimum atomic E-state index is -0.0841. The van der Waals surface area contributed by atoms with Gasteiger partial charge in [0.05, 0.1) is 0 Å². The van der Waals surface area contributed by atoms with Crippen molar-refractivity contribution in [2.24, 2.45) is 0 Å². The first-order valence-electron chi connectivity index (χ1n) is 6.28. The van der Waals surface area contributed by atoms with Crippen LogP contribution in [0.2, 0.25) is 0 Å². The lowest BCUT2D eigenvalue weighted by Gasteiger charge is -2.07. The van der Waals surface area contributed by atoms with Crippen molar-refractivity contribution >= 4 is 5.91 Å². The van der Waals surface area contributed by atoms with Crippen LogP contribution in [0.5, 0.6) is 5.75 Å². The normalized spacial score (nSPS) is 10.2. The van der Waals surface area contributed by atoms with E-state index >= 15 is 0 Å². The zero-order chi connectivity index (χ0) is 13.7. The monoisotopic (exact) mass is 255 g/mol. The molecule has 2 rings (SSSR count). The lowest BCUT2D eigenvalue weighted by atomic mass is 10.1. The standard InChI is InChI=1S/C16H17NO2/c1-12-5-4-7-14(11-12)16(19)17-10-9-13-6-2-3-8-15(13)18/h2-8,11,18H,9-10H2,1H3,(H,17,19). The average molecular weight is 255 g/mol. The van der Waals surface area contributed by atoms with Gasteiger partial charge in [-0.1, -0.05) is 35.9 Å². The molecule has 3 heteroatoms. The molecule has 0 aliphatic carbocycles. The van der Waals surface area contributed by atoms with E-state index in [1.54, 1.807) is 18.2 Å². The Morgan fingerprint density at radius 2 is 1.95 bits per heavy atom. The summed E-state index contributed by atoms with van der Waals surface area (Å²) in [6.45, 7) is 2.46. The first-order valence-corrected chi connectivity index (χ1v) is 6.28.